The lowest BCUT2D eigenvalue weighted by molar-refractivity contribution is -0.129. The smallest absolute Gasteiger partial charge is 0.349 e. The molecule has 25 heavy (non-hydrogen) atoms. The third-order valence-corrected chi connectivity index (χ3v) is 5.98. The molecule has 1 amide bonds. The Morgan fingerprint density at radius 2 is 2.12 bits per heavy atom. The van der Waals surface area contributed by atoms with E-state index in [1.165, 1.54) is 21.8 Å². The van der Waals surface area contributed by atoms with Crippen LogP contribution in [0, 0.1) is 11.3 Å². The topological polar surface area (TPSA) is 64.6 Å². The van der Waals surface area contributed by atoms with E-state index in [0.717, 1.165) is 19.3 Å². The Bertz CT molecular complexity index is 617. The van der Waals surface area contributed by atoms with Crippen molar-refractivity contribution in [3.63, 3.8) is 0 Å². The Morgan fingerprint density at radius 1 is 1.40 bits per heavy atom. The highest BCUT2D eigenvalue weighted by molar-refractivity contribution is 7.14. The molecule has 0 saturated heterocycles. The van der Waals surface area contributed by atoms with Crippen LogP contribution in [0.15, 0.2) is 6.07 Å². The Hall–Kier alpha value is -1.40. The molecule has 1 N–H and O–H groups in total. The largest absolute Gasteiger partial charge is 0.448 e. The zero-order chi connectivity index (χ0) is 18.6. The summed E-state index contributed by atoms with van der Waals surface area (Å²) in [5, 5.41) is 2.67. The fourth-order valence-electron chi connectivity index (χ4n) is 3.06. The monoisotopic (exact) mass is 367 g/mol. The summed E-state index contributed by atoms with van der Waals surface area (Å²) < 4.78 is 10.2. The van der Waals surface area contributed by atoms with Crippen LogP contribution in [0.1, 0.15) is 54.2 Å². The van der Waals surface area contributed by atoms with Gasteiger partial charge in [-0.1, -0.05) is 20.8 Å². The molecule has 0 radical (unpaired) electrons. The zero-order valence-electron chi connectivity index (χ0n) is 15.8. The SMILES string of the molecule is COCCNC(=O)[C@@H](C)OC(=O)c1cc2c(s1)CC[C@@H](C(C)(C)C)C2. The van der Waals surface area contributed by atoms with Crippen LogP contribution in [-0.2, 0) is 27.1 Å². The lowest BCUT2D eigenvalue weighted by Crippen LogP contribution is -2.37. The van der Waals surface area contributed by atoms with Gasteiger partial charge >= 0.3 is 5.97 Å². The number of thiophene rings is 1. The number of ether oxygens (including phenoxy) is 2. The molecule has 0 spiro atoms. The van der Waals surface area contributed by atoms with Crippen LogP contribution >= 0.6 is 11.3 Å². The van der Waals surface area contributed by atoms with Crippen LogP contribution in [0.4, 0.5) is 0 Å². The highest BCUT2D eigenvalue weighted by Crippen LogP contribution is 2.40. The Balaban J connectivity index is 1.95. The number of rotatable bonds is 6. The van der Waals surface area contributed by atoms with Crippen LogP contribution in [-0.4, -0.2) is 38.2 Å². The van der Waals surface area contributed by atoms with Gasteiger partial charge in [-0.2, -0.15) is 0 Å². The molecular formula is C19H29NO4S. The summed E-state index contributed by atoms with van der Waals surface area (Å²) in [5.74, 6) is -0.0930. The summed E-state index contributed by atoms with van der Waals surface area (Å²) in [7, 11) is 1.57. The molecule has 2 rings (SSSR count). The Kier molecular flexibility index (Phi) is 6.63. The van der Waals surface area contributed by atoms with Gasteiger partial charge in [0.2, 0.25) is 0 Å². The summed E-state index contributed by atoms with van der Waals surface area (Å²) in [6.07, 6.45) is 2.37. The number of carbonyl (C=O) groups excluding carboxylic acids is 2. The average molecular weight is 368 g/mol. The molecule has 0 aliphatic heterocycles. The van der Waals surface area contributed by atoms with E-state index in [4.69, 9.17) is 9.47 Å². The van der Waals surface area contributed by atoms with Crippen molar-refractivity contribution < 1.29 is 19.1 Å². The van der Waals surface area contributed by atoms with Crippen LogP contribution in [0.3, 0.4) is 0 Å². The molecule has 2 atom stereocenters. The second-order valence-corrected chi connectivity index (χ2v) is 8.83. The molecular weight excluding hydrogens is 338 g/mol. The van der Waals surface area contributed by atoms with Gasteiger partial charge in [0, 0.05) is 18.5 Å². The summed E-state index contributed by atoms with van der Waals surface area (Å²) in [6.45, 7) is 9.23. The minimum Gasteiger partial charge on any atom is -0.448 e. The molecule has 0 bridgehead atoms. The van der Waals surface area contributed by atoms with Crippen molar-refractivity contribution in [3.8, 4) is 0 Å². The summed E-state index contributed by atoms with van der Waals surface area (Å²) in [6, 6.07) is 1.95. The van der Waals surface area contributed by atoms with Crippen LogP contribution in [0.2, 0.25) is 0 Å². The first-order valence-corrected chi connectivity index (χ1v) is 9.63. The second-order valence-electron chi connectivity index (χ2n) is 7.70. The third-order valence-electron chi connectivity index (χ3n) is 4.77. The van der Waals surface area contributed by atoms with E-state index >= 15 is 0 Å². The average Bonchev–Trinajstić information content (AvgIpc) is 2.97. The van der Waals surface area contributed by atoms with Crippen molar-refractivity contribution in [2.75, 3.05) is 20.3 Å². The van der Waals surface area contributed by atoms with Crippen molar-refractivity contribution in [2.45, 2.75) is 53.1 Å². The number of esters is 1. The van der Waals surface area contributed by atoms with Crippen molar-refractivity contribution in [2.24, 2.45) is 11.3 Å². The van der Waals surface area contributed by atoms with E-state index in [9.17, 15) is 9.59 Å². The molecule has 0 unspecified atom stereocenters. The maximum Gasteiger partial charge on any atom is 0.349 e. The van der Waals surface area contributed by atoms with Gasteiger partial charge in [-0.3, -0.25) is 4.79 Å². The molecule has 1 aromatic rings. The predicted molar refractivity (Wildman–Crippen MR) is 99.1 cm³/mol. The first kappa shape index (κ1) is 19.9. The lowest BCUT2D eigenvalue weighted by Gasteiger charge is -2.33. The molecule has 140 valence electrons. The first-order chi connectivity index (χ1) is 11.7. The van der Waals surface area contributed by atoms with Crippen molar-refractivity contribution in [1.82, 2.24) is 5.32 Å². The first-order valence-electron chi connectivity index (χ1n) is 8.81. The fraction of sp³-hybridized carbons (Fsp3) is 0.684. The van der Waals surface area contributed by atoms with E-state index in [0.29, 0.717) is 23.9 Å². The van der Waals surface area contributed by atoms with Gasteiger partial charge < -0.3 is 14.8 Å². The number of hydrogen-bond donors (Lipinski definition) is 1. The number of amides is 1. The Morgan fingerprint density at radius 3 is 2.76 bits per heavy atom. The standard InChI is InChI=1S/C19H29NO4S/c1-12(17(21)20-8-9-23-5)24-18(22)16-11-13-10-14(19(2,3)4)6-7-15(13)25-16/h11-12,14H,6-10H2,1-5H3,(H,20,21)/t12-,14-/m1/s1. The van der Waals surface area contributed by atoms with Gasteiger partial charge in [0.05, 0.1) is 6.61 Å². The Labute approximate surface area is 154 Å². The minimum atomic E-state index is -0.814. The maximum atomic E-state index is 12.4. The number of aryl methyl sites for hydroxylation is 1. The second kappa shape index (κ2) is 8.32. The van der Waals surface area contributed by atoms with Crippen molar-refractivity contribution in [3.05, 3.63) is 21.4 Å². The van der Waals surface area contributed by atoms with Crippen LogP contribution in [0.25, 0.3) is 0 Å². The normalized spacial score (nSPS) is 18.4. The van der Waals surface area contributed by atoms with Crippen molar-refractivity contribution in [1.29, 1.82) is 0 Å². The maximum absolute atomic E-state index is 12.4. The molecule has 1 aliphatic rings. The van der Waals surface area contributed by atoms with E-state index in [2.05, 4.69) is 26.1 Å². The molecule has 0 saturated carbocycles. The number of carbonyl (C=O) groups is 2. The molecule has 6 heteroatoms. The lowest BCUT2D eigenvalue weighted by atomic mass is 9.72. The number of nitrogens with one attached hydrogen (secondary N) is 1. The summed E-state index contributed by atoms with van der Waals surface area (Å²) >= 11 is 1.51. The van der Waals surface area contributed by atoms with Gasteiger partial charge in [-0.15, -0.1) is 11.3 Å². The van der Waals surface area contributed by atoms with Crippen LogP contribution < -0.4 is 5.32 Å². The number of hydrogen-bond acceptors (Lipinski definition) is 5. The molecule has 0 aromatic carbocycles. The van der Waals surface area contributed by atoms with E-state index in [1.807, 2.05) is 6.07 Å². The number of fused-ring (bicyclic) bond motifs is 1. The highest BCUT2D eigenvalue weighted by Gasteiger charge is 2.31. The van der Waals surface area contributed by atoms with E-state index in [-0.39, 0.29) is 11.3 Å². The predicted octanol–water partition coefficient (Wildman–Crippen LogP) is 3.21. The van der Waals surface area contributed by atoms with Crippen molar-refractivity contribution >= 4 is 23.2 Å². The molecule has 5 nitrogen and oxygen atoms in total. The zero-order valence-corrected chi connectivity index (χ0v) is 16.6. The highest BCUT2D eigenvalue weighted by atomic mass is 32.1. The van der Waals surface area contributed by atoms with Gasteiger partial charge in [-0.25, -0.2) is 4.79 Å². The number of methoxy groups -OCH3 is 1. The third kappa shape index (κ3) is 5.28. The molecule has 1 aromatic heterocycles. The van der Waals surface area contributed by atoms with Crippen LogP contribution in [0.5, 0.6) is 0 Å². The van der Waals surface area contributed by atoms with Gasteiger partial charge in [0.1, 0.15) is 4.88 Å². The van der Waals surface area contributed by atoms with Gasteiger partial charge in [0.15, 0.2) is 6.10 Å². The van der Waals surface area contributed by atoms with Gasteiger partial charge in [0.25, 0.3) is 5.91 Å². The minimum absolute atomic E-state index is 0.273. The summed E-state index contributed by atoms with van der Waals surface area (Å²) in [4.78, 5) is 26.1. The quantitative estimate of drug-likeness (QED) is 0.619. The summed E-state index contributed by atoms with van der Waals surface area (Å²) in [5.41, 5.74) is 1.54. The van der Waals surface area contributed by atoms with E-state index < -0.39 is 12.1 Å². The fourth-order valence-corrected chi connectivity index (χ4v) is 4.15. The molecule has 1 heterocycles. The molecule has 1 aliphatic carbocycles. The molecule has 0 fully saturated rings. The van der Waals surface area contributed by atoms with E-state index in [1.54, 1.807) is 14.0 Å². The van der Waals surface area contributed by atoms with Gasteiger partial charge in [-0.05, 0) is 49.1 Å².